The second-order valence-electron chi connectivity index (χ2n) is 7.07. The minimum atomic E-state index is -0.730. The monoisotopic (exact) mass is 416 g/mol. The number of morpholine rings is 1. The van der Waals surface area contributed by atoms with Crippen molar-refractivity contribution in [2.75, 3.05) is 36.5 Å². The Bertz CT molecular complexity index is 1020. The van der Waals surface area contributed by atoms with E-state index in [1.54, 1.807) is 13.3 Å². The molecule has 0 amide bonds. The normalized spacial score (nSPS) is 15.3. The van der Waals surface area contributed by atoms with Crippen LogP contribution in [0.4, 0.5) is 20.7 Å². The van der Waals surface area contributed by atoms with Crippen LogP contribution in [-0.4, -0.2) is 55.8 Å². The summed E-state index contributed by atoms with van der Waals surface area (Å²) in [6, 6.07) is 0.229. The van der Waals surface area contributed by atoms with Gasteiger partial charge in [-0.25, -0.2) is 13.8 Å². The average molecular weight is 416 g/mol. The van der Waals surface area contributed by atoms with Gasteiger partial charge >= 0.3 is 0 Å². The molecule has 3 aromatic heterocycles. The van der Waals surface area contributed by atoms with Gasteiger partial charge in [0, 0.05) is 32.4 Å². The van der Waals surface area contributed by atoms with E-state index in [4.69, 9.17) is 4.74 Å². The highest BCUT2D eigenvalue weighted by molar-refractivity contribution is 5.39. The van der Waals surface area contributed by atoms with Gasteiger partial charge in [0.05, 0.1) is 49.6 Å². The quantitative estimate of drug-likeness (QED) is 0.651. The van der Waals surface area contributed by atoms with Gasteiger partial charge in [0.1, 0.15) is 17.5 Å². The number of nitrogens with one attached hydrogen (secondary N) is 1. The van der Waals surface area contributed by atoms with Gasteiger partial charge < -0.3 is 19.5 Å². The Morgan fingerprint density at radius 3 is 2.67 bits per heavy atom. The largest absolute Gasteiger partial charge is 0.378 e. The number of aryl methyl sites for hydroxylation is 1. The highest BCUT2D eigenvalue weighted by Crippen LogP contribution is 2.21. The van der Waals surface area contributed by atoms with Crippen LogP contribution in [0.2, 0.25) is 0 Å². The molecule has 9 nitrogen and oxygen atoms in total. The summed E-state index contributed by atoms with van der Waals surface area (Å²) in [6.45, 7) is 4.21. The van der Waals surface area contributed by atoms with Crippen molar-refractivity contribution in [3.63, 3.8) is 0 Å². The highest BCUT2D eigenvalue weighted by atomic mass is 19.1. The first-order valence-electron chi connectivity index (χ1n) is 9.60. The highest BCUT2D eigenvalue weighted by Gasteiger charge is 2.20. The third kappa shape index (κ3) is 4.67. The predicted octanol–water partition coefficient (Wildman–Crippen LogP) is 1.88. The van der Waals surface area contributed by atoms with E-state index < -0.39 is 17.7 Å². The molecule has 4 heterocycles. The lowest BCUT2D eigenvalue weighted by Gasteiger charge is -2.27. The van der Waals surface area contributed by atoms with Crippen molar-refractivity contribution in [1.29, 1.82) is 0 Å². The van der Waals surface area contributed by atoms with E-state index in [0.29, 0.717) is 44.5 Å². The molecule has 0 saturated carbocycles. The number of imidazole rings is 1. The standard InChI is InChI=1S/C19H22F2N8O/c1-12(17-15(21)7-13(20)9-22-17)24-18-25-16(8-14-10-28(2)11-23-14)26-19(27-18)29-3-5-30-6-4-29/h7,9-12H,3-6,8H2,1-2H3,(H,24,25,26,27)/t12-/m0/s1. The van der Waals surface area contributed by atoms with Crippen LogP contribution >= 0.6 is 0 Å². The van der Waals surface area contributed by atoms with Gasteiger partial charge in [0.25, 0.3) is 0 Å². The zero-order valence-corrected chi connectivity index (χ0v) is 16.7. The van der Waals surface area contributed by atoms with Crippen LogP contribution in [0.25, 0.3) is 0 Å². The van der Waals surface area contributed by atoms with Gasteiger partial charge in [-0.15, -0.1) is 0 Å². The van der Waals surface area contributed by atoms with Crippen molar-refractivity contribution in [2.45, 2.75) is 19.4 Å². The second-order valence-corrected chi connectivity index (χ2v) is 7.07. The van der Waals surface area contributed by atoms with E-state index >= 15 is 0 Å². The summed E-state index contributed by atoms with van der Waals surface area (Å²) in [4.78, 5) is 23.8. The molecule has 0 aromatic carbocycles. The predicted molar refractivity (Wildman–Crippen MR) is 105 cm³/mol. The molecule has 4 rings (SSSR count). The lowest BCUT2D eigenvalue weighted by molar-refractivity contribution is 0.122. The fourth-order valence-corrected chi connectivity index (χ4v) is 3.18. The molecule has 1 aliphatic heterocycles. The zero-order valence-electron chi connectivity index (χ0n) is 16.7. The summed E-state index contributed by atoms with van der Waals surface area (Å²) in [5, 5.41) is 3.06. The summed E-state index contributed by atoms with van der Waals surface area (Å²) >= 11 is 0. The van der Waals surface area contributed by atoms with E-state index in [9.17, 15) is 8.78 Å². The van der Waals surface area contributed by atoms with Gasteiger partial charge in [-0.3, -0.25) is 4.98 Å². The molecule has 1 saturated heterocycles. The Hall–Kier alpha value is -3.21. The molecule has 3 aromatic rings. The molecule has 1 atom stereocenters. The Labute approximate surface area is 172 Å². The molecular weight excluding hydrogens is 394 g/mol. The second kappa shape index (κ2) is 8.66. The maximum atomic E-state index is 14.1. The molecule has 0 bridgehead atoms. The van der Waals surface area contributed by atoms with E-state index in [1.165, 1.54) is 0 Å². The molecule has 30 heavy (non-hydrogen) atoms. The minimum absolute atomic E-state index is 0.0796. The number of pyridine rings is 1. The minimum Gasteiger partial charge on any atom is -0.378 e. The first kappa shape index (κ1) is 20.1. The Kier molecular flexibility index (Phi) is 5.79. The number of hydrogen-bond acceptors (Lipinski definition) is 8. The third-order valence-electron chi connectivity index (χ3n) is 4.65. The van der Waals surface area contributed by atoms with Gasteiger partial charge in [-0.1, -0.05) is 0 Å². The molecule has 1 aliphatic rings. The number of aromatic nitrogens is 6. The summed E-state index contributed by atoms with van der Waals surface area (Å²) < 4.78 is 34.5. The lowest BCUT2D eigenvalue weighted by Crippen LogP contribution is -2.37. The van der Waals surface area contributed by atoms with Crippen LogP contribution in [0.15, 0.2) is 24.8 Å². The summed E-state index contributed by atoms with van der Waals surface area (Å²) in [7, 11) is 1.89. The first-order chi connectivity index (χ1) is 14.5. The third-order valence-corrected chi connectivity index (χ3v) is 4.65. The van der Waals surface area contributed by atoms with Crippen LogP contribution in [-0.2, 0) is 18.2 Å². The van der Waals surface area contributed by atoms with Crippen molar-refractivity contribution in [1.82, 2.24) is 29.5 Å². The van der Waals surface area contributed by atoms with E-state index in [0.717, 1.165) is 18.0 Å². The van der Waals surface area contributed by atoms with Crippen molar-refractivity contribution < 1.29 is 13.5 Å². The number of halogens is 2. The molecule has 1 fully saturated rings. The van der Waals surface area contributed by atoms with Crippen LogP contribution in [0.5, 0.6) is 0 Å². The van der Waals surface area contributed by atoms with Gasteiger partial charge in [0.15, 0.2) is 0 Å². The molecule has 1 N–H and O–H groups in total. The van der Waals surface area contributed by atoms with E-state index in [1.807, 2.05) is 22.7 Å². The van der Waals surface area contributed by atoms with Gasteiger partial charge in [0.2, 0.25) is 11.9 Å². The maximum Gasteiger partial charge on any atom is 0.230 e. The number of rotatable bonds is 6. The molecule has 0 aliphatic carbocycles. The van der Waals surface area contributed by atoms with Crippen LogP contribution in [0, 0.1) is 11.6 Å². The fourth-order valence-electron chi connectivity index (χ4n) is 3.18. The smallest absolute Gasteiger partial charge is 0.230 e. The topological polar surface area (TPSA) is 93.9 Å². The van der Waals surface area contributed by atoms with Gasteiger partial charge in [-0.05, 0) is 6.92 Å². The maximum absolute atomic E-state index is 14.1. The SMILES string of the molecule is C[C@H](Nc1nc(Cc2cn(C)cn2)nc(N2CCOCC2)n1)c1ncc(F)cc1F. The summed E-state index contributed by atoms with van der Waals surface area (Å²) in [5.41, 5.74) is 0.901. The van der Waals surface area contributed by atoms with Crippen molar-refractivity contribution in [3.8, 4) is 0 Å². The number of anilines is 2. The molecule has 0 unspecified atom stereocenters. The fraction of sp³-hybridized carbons (Fsp3) is 0.421. The zero-order chi connectivity index (χ0) is 21.1. The van der Waals surface area contributed by atoms with Crippen molar-refractivity contribution in [3.05, 3.63) is 53.6 Å². The number of hydrogen-bond donors (Lipinski definition) is 1. The Morgan fingerprint density at radius 1 is 1.17 bits per heavy atom. The van der Waals surface area contributed by atoms with Crippen molar-refractivity contribution >= 4 is 11.9 Å². The van der Waals surface area contributed by atoms with Crippen molar-refractivity contribution in [2.24, 2.45) is 7.05 Å². The first-order valence-corrected chi connectivity index (χ1v) is 9.60. The average Bonchev–Trinajstić information content (AvgIpc) is 3.13. The molecule has 158 valence electrons. The molecule has 0 radical (unpaired) electrons. The van der Waals surface area contributed by atoms with E-state index in [-0.39, 0.29) is 11.6 Å². The molecule has 0 spiro atoms. The Morgan fingerprint density at radius 2 is 1.97 bits per heavy atom. The van der Waals surface area contributed by atoms with Gasteiger partial charge in [-0.2, -0.15) is 15.0 Å². The van der Waals surface area contributed by atoms with Crippen LogP contribution in [0.3, 0.4) is 0 Å². The molecule has 11 heteroatoms. The van der Waals surface area contributed by atoms with Crippen LogP contribution in [0.1, 0.15) is 30.2 Å². The number of ether oxygens (including phenoxy) is 1. The van der Waals surface area contributed by atoms with Crippen LogP contribution < -0.4 is 10.2 Å². The van der Waals surface area contributed by atoms with E-state index in [2.05, 4.69) is 30.2 Å². The lowest BCUT2D eigenvalue weighted by atomic mass is 10.2. The Balaban J connectivity index is 1.62. The molecular formula is C19H22F2N8O. The summed E-state index contributed by atoms with van der Waals surface area (Å²) in [5.74, 6) is -0.119. The summed E-state index contributed by atoms with van der Waals surface area (Å²) in [6.07, 6.45) is 5.01. The number of nitrogens with zero attached hydrogens (tertiary/aromatic N) is 7.